The quantitative estimate of drug-likeness (QED) is 0.327. The maximum atomic E-state index is 13.1. The minimum Gasteiger partial charge on any atom is -0.458 e. The van der Waals surface area contributed by atoms with Gasteiger partial charge in [0.05, 0.1) is 11.6 Å². The van der Waals surface area contributed by atoms with Crippen LogP contribution >= 0.6 is 0 Å². The first-order valence-corrected chi connectivity index (χ1v) is 11.5. The van der Waals surface area contributed by atoms with Gasteiger partial charge in [0.25, 0.3) is 0 Å². The average molecular weight is 467 g/mol. The first-order chi connectivity index (χ1) is 16.0. The molecule has 7 heteroatoms. The van der Waals surface area contributed by atoms with Gasteiger partial charge in [0.1, 0.15) is 12.1 Å². The fourth-order valence-corrected chi connectivity index (χ4v) is 4.64. The third-order valence-electron chi connectivity index (χ3n) is 6.98. The number of nitrogens with zero attached hydrogens (tertiary/aromatic N) is 2. The van der Waals surface area contributed by atoms with Crippen LogP contribution in [-0.2, 0) is 20.7 Å². The molecule has 0 N–H and O–H groups in total. The fraction of sp³-hybridized carbons (Fsp3) is 0.481. The topological polar surface area (TPSA) is 102 Å². The maximum absolute atomic E-state index is 13.1. The molecule has 7 atom stereocenters. The van der Waals surface area contributed by atoms with Crippen LogP contribution in [0.25, 0.3) is 0 Å². The van der Waals surface area contributed by atoms with Crippen LogP contribution in [0.1, 0.15) is 39.7 Å². The Morgan fingerprint density at radius 2 is 1.56 bits per heavy atom. The van der Waals surface area contributed by atoms with Crippen molar-refractivity contribution < 1.29 is 14.3 Å². The summed E-state index contributed by atoms with van der Waals surface area (Å²) in [5.74, 6) is -2.86. The zero-order valence-electron chi connectivity index (χ0n) is 20.4. The lowest BCUT2D eigenvalue weighted by atomic mass is 9.77. The predicted molar refractivity (Wildman–Crippen MR) is 133 cm³/mol. The highest BCUT2D eigenvalue weighted by atomic mass is 16.5. The van der Waals surface area contributed by atoms with Gasteiger partial charge < -0.3 is 4.74 Å². The number of carbonyl (C=O) groups is 2. The summed E-state index contributed by atoms with van der Waals surface area (Å²) >= 11 is 0. The maximum Gasteiger partial charge on any atom is 0.336 e. The Bertz CT molecular complexity index is 970. The van der Waals surface area contributed by atoms with E-state index in [-0.39, 0.29) is 22.8 Å². The van der Waals surface area contributed by atoms with Crippen molar-refractivity contribution in [3.63, 3.8) is 0 Å². The Morgan fingerprint density at radius 1 is 0.941 bits per heavy atom. The van der Waals surface area contributed by atoms with E-state index in [0.717, 1.165) is 5.56 Å². The molecule has 7 nitrogen and oxygen atoms in total. The number of Topliss-reactive ketones (excluding diaryl/α,β-unsaturated/α-hetero) is 1. The third kappa shape index (κ3) is 6.01. The molecule has 1 aromatic carbocycles. The number of hydrogen-bond donors (Lipinski definition) is 0. The Labute approximate surface area is 201 Å². The van der Waals surface area contributed by atoms with E-state index in [0.29, 0.717) is 18.4 Å². The molecule has 2 rings (SSSR count). The van der Waals surface area contributed by atoms with Crippen LogP contribution in [0.5, 0.6) is 0 Å². The lowest BCUT2D eigenvalue weighted by Crippen LogP contribution is -2.38. The Balaban J connectivity index is 2.52. The Hall–Kier alpha value is -3.22. The van der Waals surface area contributed by atoms with Crippen molar-refractivity contribution in [3.05, 3.63) is 82.2 Å². The van der Waals surface area contributed by atoms with Crippen LogP contribution in [0.2, 0.25) is 0 Å². The minimum atomic E-state index is -1.18. The van der Waals surface area contributed by atoms with Crippen molar-refractivity contribution in [3.8, 4) is 0 Å². The van der Waals surface area contributed by atoms with Gasteiger partial charge in [-0.1, -0.05) is 88.1 Å². The molecule has 1 aliphatic rings. The molecule has 1 saturated heterocycles. The molecule has 182 valence electrons. The molecule has 1 aromatic rings. The highest BCUT2D eigenvalue weighted by Crippen LogP contribution is 2.33. The molecule has 0 amide bonds. The first-order valence-electron chi connectivity index (χ1n) is 11.5. The molecule has 0 aliphatic carbocycles. The van der Waals surface area contributed by atoms with Gasteiger partial charge in [-0.15, -0.1) is 0 Å². The summed E-state index contributed by atoms with van der Waals surface area (Å²) in [5.41, 5.74) is 1.55. The minimum absolute atomic E-state index is 0.126. The van der Waals surface area contributed by atoms with Gasteiger partial charge in [0, 0.05) is 29.7 Å². The molecule has 0 radical (unpaired) electrons. The van der Waals surface area contributed by atoms with E-state index in [1.165, 1.54) is 0 Å². The number of allylic oxidation sites excluding steroid dienone is 1. The van der Waals surface area contributed by atoms with Gasteiger partial charge in [-0.05, 0) is 23.5 Å². The second kappa shape index (κ2) is 11.8. The average Bonchev–Trinajstić information content (AvgIpc) is 2.82. The smallest absolute Gasteiger partial charge is 0.336 e. The molecule has 1 heterocycles. The summed E-state index contributed by atoms with van der Waals surface area (Å²) < 4.78 is 5.82. The number of esters is 1. The van der Waals surface area contributed by atoms with Crippen molar-refractivity contribution in [2.24, 2.45) is 34.0 Å². The van der Waals surface area contributed by atoms with Gasteiger partial charge in [0.2, 0.25) is 0 Å². The van der Waals surface area contributed by atoms with E-state index in [1.54, 1.807) is 20.8 Å². The van der Waals surface area contributed by atoms with Crippen LogP contribution in [0.15, 0.2) is 77.1 Å². The number of ketones is 1. The number of ether oxygens (including phenoxy) is 1. The number of nitroso groups, excluding NO2 is 2. The fourth-order valence-electron chi connectivity index (χ4n) is 4.64. The van der Waals surface area contributed by atoms with Gasteiger partial charge in [-0.25, -0.2) is 4.79 Å². The van der Waals surface area contributed by atoms with Crippen LogP contribution in [0.3, 0.4) is 0 Å². The van der Waals surface area contributed by atoms with Gasteiger partial charge >= 0.3 is 5.97 Å². The number of carbonyl (C=O) groups excluding carboxylic acids is 2. The largest absolute Gasteiger partial charge is 0.458 e. The van der Waals surface area contributed by atoms with Gasteiger partial charge in [-0.3, -0.25) is 4.79 Å². The molecule has 1 aliphatic heterocycles. The second-order valence-electron chi connectivity index (χ2n) is 9.43. The number of benzene rings is 1. The van der Waals surface area contributed by atoms with Gasteiger partial charge in [-0.2, -0.15) is 9.81 Å². The normalized spacial score (nSPS) is 32.0. The first kappa shape index (κ1) is 27.0. The molecule has 0 unspecified atom stereocenters. The van der Waals surface area contributed by atoms with Crippen LogP contribution in [-0.4, -0.2) is 29.9 Å². The second-order valence-corrected chi connectivity index (χ2v) is 9.43. The summed E-state index contributed by atoms with van der Waals surface area (Å²) in [5, 5.41) is 6.32. The number of hydrogen-bond acceptors (Lipinski definition) is 7. The van der Waals surface area contributed by atoms with Crippen molar-refractivity contribution >= 4 is 11.8 Å². The lowest BCUT2D eigenvalue weighted by Gasteiger charge is -2.32. The van der Waals surface area contributed by atoms with Crippen molar-refractivity contribution in [2.75, 3.05) is 0 Å². The molecular weight excluding hydrogens is 432 g/mol. The van der Waals surface area contributed by atoms with Crippen LogP contribution < -0.4 is 0 Å². The standard InChI is InChI=1S/C27H34N2O5/c1-15-13-16(2)26(30)19(5)17(3)18(4)23(14-22-11-9-8-10-12-22)34-27(31)21(7)25(29-33)20(6)24(15)28-32/h8-12,15-16,18,20,23-25H,3,5,7,13-14H2,1-2,4,6H3/t15-,16+,18+,20+,23+,24-,25-/m0/s1. The molecule has 0 aromatic heterocycles. The van der Waals surface area contributed by atoms with Crippen molar-refractivity contribution in [1.82, 2.24) is 0 Å². The zero-order chi connectivity index (χ0) is 25.6. The molecule has 34 heavy (non-hydrogen) atoms. The SMILES string of the molecule is C=C1C(=C)[C@@H](C)[C@@H](Cc2ccccc2)OC(=O)C(=C)[C@@H](N=O)[C@H](C)[C@@H](N=O)[C@@H](C)C[C@@H](C)C1=O. The van der Waals surface area contributed by atoms with E-state index in [9.17, 15) is 19.4 Å². The molecule has 1 fully saturated rings. The summed E-state index contributed by atoms with van der Waals surface area (Å²) in [7, 11) is 0. The van der Waals surface area contributed by atoms with E-state index >= 15 is 0 Å². The summed E-state index contributed by atoms with van der Waals surface area (Å²) in [6.07, 6.45) is 0.0286. The predicted octanol–water partition coefficient (Wildman–Crippen LogP) is 5.60. The van der Waals surface area contributed by atoms with E-state index in [1.807, 2.05) is 37.3 Å². The lowest BCUT2D eigenvalue weighted by molar-refractivity contribution is -0.146. The summed E-state index contributed by atoms with van der Waals surface area (Å²) in [6, 6.07) is 7.43. The van der Waals surface area contributed by atoms with Gasteiger partial charge in [0.15, 0.2) is 5.78 Å². The summed E-state index contributed by atoms with van der Waals surface area (Å²) in [4.78, 5) is 49.7. The van der Waals surface area contributed by atoms with Crippen molar-refractivity contribution in [1.29, 1.82) is 0 Å². The van der Waals surface area contributed by atoms with Crippen molar-refractivity contribution in [2.45, 2.75) is 58.7 Å². The zero-order valence-corrected chi connectivity index (χ0v) is 20.4. The van der Waals surface area contributed by atoms with E-state index < -0.39 is 41.9 Å². The molecular formula is C27H34N2O5. The molecule has 0 saturated carbocycles. The number of rotatable bonds is 4. The Kier molecular flexibility index (Phi) is 9.36. The third-order valence-corrected chi connectivity index (χ3v) is 6.98. The molecule has 0 spiro atoms. The van der Waals surface area contributed by atoms with Crippen LogP contribution in [0, 0.1) is 33.5 Å². The highest BCUT2D eigenvalue weighted by Gasteiger charge is 2.39. The van der Waals surface area contributed by atoms with E-state index in [4.69, 9.17) is 4.74 Å². The summed E-state index contributed by atoms with van der Waals surface area (Å²) in [6.45, 7) is 18.9. The highest BCUT2D eigenvalue weighted by molar-refractivity contribution is 6.00. The Morgan fingerprint density at radius 3 is 2.12 bits per heavy atom. The monoisotopic (exact) mass is 466 g/mol. The molecule has 0 bridgehead atoms. The van der Waals surface area contributed by atoms with Crippen LogP contribution in [0.4, 0.5) is 0 Å². The number of cyclic esters (lactones) is 1. The van der Waals surface area contributed by atoms with E-state index in [2.05, 4.69) is 30.1 Å².